The second-order valence-electron chi connectivity index (χ2n) is 2.99. The number of hydrogen-bond donors (Lipinski definition) is 1. The molecule has 0 aliphatic rings. The van der Waals surface area contributed by atoms with Crippen molar-refractivity contribution >= 4 is 5.97 Å². The number of hydrogen-bond acceptors (Lipinski definition) is 3. The highest BCUT2D eigenvalue weighted by atomic mass is 16.7. The number of carbonyl (C=O) groups is 1. The van der Waals surface area contributed by atoms with Gasteiger partial charge in [-0.1, -0.05) is 20.4 Å². The summed E-state index contributed by atoms with van der Waals surface area (Å²) in [7, 11) is 0. The van der Waals surface area contributed by atoms with Gasteiger partial charge < -0.3 is 9.84 Å². The SMILES string of the molecule is C=CC(=O)OC(C)(O)C(C)CC. The Hall–Kier alpha value is -0.830. The first kappa shape index (κ1) is 11.2. The fraction of sp³-hybridized carbons (Fsp3) is 0.667. The van der Waals surface area contributed by atoms with Gasteiger partial charge in [-0.15, -0.1) is 0 Å². The fourth-order valence-electron chi connectivity index (χ4n) is 0.725. The molecule has 2 atom stereocenters. The molecule has 0 spiro atoms. The zero-order valence-corrected chi connectivity index (χ0v) is 7.83. The summed E-state index contributed by atoms with van der Waals surface area (Å²) < 4.78 is 4.74. The van der Waals surface area contributed by atoms with Crippen molar-refractivity contribution in [2.75, 3.05) is 0 Å². The van der Waals surface area contributed by atoms with Gasteiger partial charge >= 0.3 is 5.97 Å². The predicted molar refractivity (Wildman–Crippen MR) is 46.4 cm³/mol. The van der Waals surface area contributed by atoms with Gasteiger partial charge in [0.15, 0.2) is 0 Å². The molecule has 0 heterocycles. The Kier molecular flexibility index (Phi) is 3.96. The van der Waals surface area contributed by atoms with Gasteiger partial charge in [0.2, 0.25) is 5.79 Å². The molecule has 0 aromatic rings. The van der Waals surface area contributed by atoms with E-state index in [9.17, 15) is 9.90 Å². The van der Waals surface area contributed by atoms with Gasteiger partial charge in [-0.25, -0.2) is 4.79 Å². The fourth-order valence-corrected chi connectivity index (χ4v) is 0.725. The molecule has 0 aliphatic heterocycles. The molecule has 70 valence electrons. The topological polar surface area (TPSA) is 46.5 Å². The molecule has 12 heavy (non-hydrogen) atoms. The van der Waals surface area contributed by atoms with Crippen LogP contribution in [-0.4, -0.2) is 16.9 Å². The van der Waals surface area contributed by atoms with Crippen LogP contribution in [0.3, 0.4) is 0 Å². The number of carbonyl (C=O) groups excluding carboxylic acids is 1. The van der Waals surface area contributed by atoms with E-state index in [0.717, 1.165) is 12.5 Å². The Morgan fingerprint density at radius 3 is 2.67 bits per heavy atom. The highest BCUT2D eigenvalue weighted by Crippen LogP contribution is 2.21. The van der Waals surface area contributed by atoms with Gasteiger partial charge in [0, 0.05) is 18.9 Å². The normalized spacial score (nSPS) is 17.7. The molecule has 1 N–H and O–H groups in total. The summed E-state index contributed by atoms with van der Waals surface area (Å²) in [6.07, 6.45) is 1.79. The molecule has 0 amide bonds. The third-order valence-electron chi connectivity index (χ3n) is 2.00. The van der Waals surface area contributed by atoms with Gasteiger partial charge in [0.25, 0.3) is 0 Å². The van der Waals surface area contributed by atoms with E-state index in [1.807, 2.05) is 13.8 Å². The molecular formula is C9H16O3. The molecule has 0 bridgehead atoms. The van der Waals surface area contributed by atoms with Gasteiger partial charge in [-0.2, -0.15) is 0 Å². The molecule has 0 saturated heterocycles. The minimum atomic E-state index is -1.39. The zero-order chi connectivity index (χ0) is 9.78. The summed E-state index contributed by atoms with van der Waals surface area (Å²) in [6.45, 7) is 8.45. The molecule has 3 nitrogen and oxygen atoms in total. The van der Waals surface area contributed by atoms with Gasteiger partial charge in [0.1, 0.15) is 0 Å². The van der Waals surface area contributed by atoms with Crippen LogP contribution in [0.4, 0.5) is 0 Å². The van der Waals surface area contributed by atoms with Crippen LogP contribution in [0.25, 0.3) is 0 Å². The highest BCUT2D eigenvalue weighted by Gasteiger charge is 2.30. The van der Waals surface area contributed by atoms with E-state index >= 15 is 0 Å². The van der Waals surface area contributed by atoms with Crippen molar-refractivity contribution < 1.29 is 14.6 Å². The maximum absolute atomic E-state index is 10.7. The lowest BCUT2D eigenvalue weighted by molar-refractivity contribution is -0.216. The summed E-state index contributed by atoms with van der Waals surface area (Å²) >= 11 is 0. The number of aliphatic hydroxyl groups is 1. The highest BCUT2D eigenvalue weighted by molar-refractivity contribution is 5.81. The lowest BCUT2D eigenvalue weighted by atomic mass is 10.00. The average molecular weight is 172 g/mol. The number of esters is 1. The molecule has 0 aromatic heterocycles. The monoisotopic (exact) mass is 172 g/mol. The predicted octanol–water partition coefficient (Wildman–Crippen LogP) is 1.47. The van der Waals surface area contributed by atoms with Crippen molar-refractivity contribution in [2.24, 2.45) is 5.92 Å². The lowest BCUT2D eigenvalue weighted by Gasteiger charge is -2.28. The second-order valence-corrected chi connectivity index (χ2v) is 2.99. The maximum Gasteiger partial charge on any atom is 0.332 e. The summed E-state index contributed by atoms with van der Waals surface area (Å²) in [5.41, 5.74) is 0. The van der Waals surface area contributed by atoms with E-state index in [1.165, 1.54) is 6.92 Å². The minimum Gasteiger partial charge on any atom is -0.430 e. The Balaban J connectivity index is 4.20. The van der Waals surface area contributed by atoms with Crippen molar-refractivity contribution in [1.29, 1.82) is 0 Å². The van der Waals surface area contributed by atoms with Gasteiger partial charge in [-0.05, 0) is 6.42 Å². The van der Waals surface area contributed by atoms with Crippen LogP contribution in [0, 0.1) is 5.92 Å². The largest absolute Gasteiger partial charge is 0.430 e. The molecular weight excluding hydrogens is 156 g/mol. The molecule has 0 fully saturated rings. The Bertz CT molecular complexity index is 173. The third kappa shape index (κ3) is 3.05. The van der Waals surface area contributed by atoms with Gasteiger partial charge in [-0.3, -0.25) is 0 Å². The van der Waals surface area contributed by atoms with E-state index in [0.29, 0.717) is 0 Å². The second kappa shape index (κ2) is 4.26. The van der Waals surface area contributed by atoms with Crippen LogP contribution in [0.1, 0.15) is 27.2 Å². The van der Waals surface area contributed by atoms with Crippen LogP contribution >= 0.6 is 0 Å². The molecule has 0 rings (SSSR count). The van der Waals surface area contributed by atoms with Crippen LogP contribution in [-0.2, 0) is 9.53 Å². The van der Waals surface area contributed by atoms with E-state index in [2.05, 4.69) is 6.58 Å². The van der Waals surface area contributed by atoms with Crippen LogP contribution in [0.5, 0.6) is 0 Å². The summed E-state index contributed by atoms with van der Waals surface area (Å²) in [4.78, 5) is 10.7. The Morgan fingerprint density at radius 2 is 2.33 bits per heavy atom. The first-order valence-electron chi connectivity index (χ1n) is 4.01. The van der Waals surface area contributed by atoms with E-state index in [-0.39, 0.29) is 5.92 Å². The molecule has 0 aliphatic carbocycles. The average Bonchev–Trinajstić information content (AvgIpc) is 2.02. The summed E-state index contributed by atoms with van der Waals surface area (Å²) in [5.74, 6) is -2.07. The van der Waals surface area contributed by atoms with Crippen molar-refractivity contribution in [2.45, 2.75) is 33.0 Å². The summed E-state index contributed by atoms with van der Waals surface area (Å²) in [5, 5.41) is 9.59. The Morgan fingerprint density at radius 1 is 1.83 bits per heavy atom. The van der Waals surface area contributed by atoms with E-state index in [4.69, 9.17) is 4.74 Å². The first-order chi connectivity index (χ1) is 5.44. The minimum absolute atomic E-state index is 0.0820. The standard InChI is InChI=1S/C9H16O3/c1-5-7(3)9(4,11)12-8(10)6-2/h6-7,11H,2,5H2,1,3-4H3. The summed E-state index contributed by atoms with van der Waals surface area (Å²) in [6, 6.07) is 0. The molecule has 0 radical (unpaired) electrons. The lowest BCUT2D eigenvalue weighted by Crippen LogP contribution is -2.37. The third-order valence-corrected chi connectivity index (χ3v) is 2.00. The molecule has 3 heteroatoms. The maximum atomic E-state index is 10.7. The van der Waals surface area contributed by atoms with E-state index < -0.39 is 11.8 Å². The molecule has 0 saturated carbocycles. The van der Waals surface area contributed by atoms with Crippen molar-refractivity contribution in [3.63, 3.8) is 0 Å². The van der Waals surface area contributed by atoms with E-state index in [1.54, 1.807) is 0 Å². The first-order valence-corrected chi connectivity index (χ1v) is 4.01. The van der Waals surface area contributed by atoms with Crippen LogP contribution < -0.4 is 0 Å². The quantitative estimate of drug-likeness (QED) is 0.397. The number of rotatable bonds is 4. The van der Waals surface area contributed by atoms with Crippen LogP contribution in [0.2, 0.25) is 0 Å². The van der Waals surface area contributed by atoms with Crippen molar-refractivity contribution in [3.8, 4) is 0 Å². The number of ether oxygens (including phenoxy) is 1. The molecule has 2 unspecified atom stereocenters. The van der Waals surface area contributed by atoms with Gasteiger partial charge in [0.05, 0.1) is 0 Å². The van der Waals surface area contributed by atoms with Crippen molar-refractivity contribution in [1.82, 2.24) is 0 Å². The zero-order valence-electron chi connectivity index (χ0n) is 7.83. The van der Waals surface area contributed by atoms with Crippen LogP contribution in [0.15, 0.2) is 12.7 Å². The Labute approximate surface area is 73.0 Å². The van der Waals surface area contributed by atoms with Crippen molar-refractivity contribution in [3.05, 3.63) is 12.7 Å². The molecule has 0 aromatic carbocycles. The smallest absolute Gasteiger partial charge is 0.332 e.